The maximum Gasteiger partial charge on any atom is 0.120 e. The molecule has 3 heteroatoms. The number of nitrogens with one attached hydrogen (secondary N) is 1. The second-order valence-electron chi connectivity index (χ2n) is 2.80. The van der Waals surface area contributed by atoms with E-state index in [4.69, 9.17) is 10.1 Å². The van der Waals surface area contributed by atoms with Gasteiger partial charge >= 0.3 is 0 Å². The van der Waals surface area contributed by atoms with E-state index in [1.807, 2.05) is 17.1 Å². The van der Waals surface area contributed by atoms with Gasteiger partial charge in [0.2, 0.25) is 0 Å². The highest BCUT2D eigenvalue weighted by molar-refractivity contribution is 5.90. The zero-order valence-electron chi connectivity index (χ0n) is 7.55. The van der Waals surface area contributed by atoms with Crippen LogP contribution in [0.3, 0.4) is 0 Å². The average molecular weight is 168 g/mol. The first-order valence-corrected chi connectivity index (χ1v) is 4.42. The Kier molecular flexibility index (Phi) is 3.80. The third-order valence-electron chi connectivity index (χ3n) is 1.86. The van der Waals surface area contributed by atoms with E-state index in [2.05, 4.69) is 6.92 Å². The Bertz CT molecular complexity index is 171. The summed E-state index contributed by atoms with van der Waals surface area (Å²) >= 11 is 0. The highest BCUT2D eigenvalue weighted by atomic mass is 16.5. The van der Waals surface area contributed by atoms with Gasteiger partial charge in [0.15, 0.2) is 0 Å². The van der Waals surface area contributed by atoms with Crippen LogP contribution >= 0.6 is 0 Å². The van der Waals surface area contributed by atoms with Gasteiger partial charge in [0, 0.05) is 13.1 Å². The van der Waals surface area contributed by atoms with E-state index in [1.54, 1.807) is 0 Å². The van der Waals surface area contributed by atoms with Crippen LogP contribution < -0.4 is 0 Å². The predicted molar refractivity (Wildman–Crippen MR) is 49.5 cm³/mol. The van der Waals surface area contributed by atoms with E-state index in [0.29, 0.717) is 5.84 Å². The number of ether oxygens (including phenoxy) is 1. The maximum absolute atomic E-state index is 7.67. The third-order valence-corrected chi connectivity index (χ3v) is 1.86. The van der Waals surface area contributed by atoms with Gasteiger partial charge in [0.1, 0.15) is 5.84 Å². The number of hydrogen-bond acceptors (Lipinski definition) is 2. The fourth-order valence-electron chi connectivity index (χ4n) is 1.14. The van der Waals surface area contributed by atoms with Crippen molar-refractivity contribution in [3.05, 3.63) is 12.2 Å². The molecule has 0 aromatic heterocycles. The summed E-state index contributed by atoms with van der Waals surface area (Å²) in [6.45, 7) is 5.29. The zero-order chi connectivity index (χ0) is 8.81. The van der Waals surface area contributed by atoms with Crippen molar-refractivity contribution in [2.24, 2.45) is 0 Å². The van der Waals surface area contributed by atoms with Crippen molar-refractivity contribution in [1.82, 2.24) is 4.90 Å². The van der Waals surface area contributed by atoms with E-state index in [0.717, 1.165) is 32.7 Å². The third kappa shape index (κ3) is 2.66. The Labute approximate surface area is 73.5 Å². The second kappa shape index (κ2) is 4.93. The van der Waals surface area contributed by atoms with Gasteiger partial charge in [-0.3, -0.25) is 5.41 Å². The quantitative estimate of drug-likeness (QED) is 0.498. The van der Waals surface area contributed by atoms with Gasteiger partial charge in [-0.05, 0) is 12.5 Å². The highest BCUT2D eigenvalue weighted by Gasteiger charge is 2.10. The topological polar surface area (TPSA) is 36.3 Å². The molecule has 0 saturated carbocycles. The minimum absolute atomic E-state index is 0.611. The fraction of sp³-hybridized carbons (Fsp3) is 0.667. The number of allylic oxidation sites excluding steroid dienone is 1. The Morgan fingerprint density at radius 3 is 2.75 bits per heavy atom. The highest BCUT2D eigenvalue weighted by Crippen LogP contribution is 1.98. The summed E-state index contributed by atoms with van der Waals surface area (Å²) in [6.07, 6.45) is 4.87. The SMILES string of the molecule is CC/C=C\C(=N)N1CCOCC1. The van der Waals surface area contributed by atoms with Crippen molar-refractivity contribution >= 4 is 5.84 Å². The minimum Gasteiger partial charge on any atom is -0.378 e. The molecule has 1 saturated heterocycles. The summed E-state index contributed by atoms with van der Waals surface area (Å²) in [7, 11) is 0. The summed E-state index contributed by atoms with van der Waals surface area (Å²) in [5.74, 6) is 0.611. The van der Waals surface area contributed by atoms with Gasteiger partial charge in [-0.15, -0.1) is 0 Å². The molecule has 0 bridgehead atoms. The van der Waals surface area contributed by atoms with Gasteiger partial charge < -0.3 is 9.64 Å². The molecule has 1 fully saturated rings. The normalized spacial score (nSPS) is 18.6. The van der Waals surface area contributed by atoms with E-state index in [-0.39, 0.29) is 0 Å². The predicted octanol–water partition coefficient (Wildman–Crippen LogP) is 1.26. The van der Waals surface area contributed by atoms with Crippen LogP contribution in [0.4, 0.5) is 0 Å². The molecule has 1 rings (SSSR count). The first-order valence-electron chi connectivity index (χ1n) is 4.42. The lowest BCUT2D eigenvalue weighted by molar-refractivity contribution is 0.0681. The van der Waals surface area contributed by atoms with Crippen LogP contribution in [0, 0.1) is 5.41 Å². The molecular formula is C9H16N2O. The van der Waals surface area contributed by atoms with Crippen LogP contribution in [0.2, 0.25) is 0 Å². The lowest BCUT2D eigenvalue weighted by atomic mass is 10.3. The lowest BCUT2D eigenvalue weighted by Gasteiger charge is -2.27. The van der Waals surface area contributed by atoms with Gasteiger partial charge in [-0.25, -0.2) is 0 Å². The van der Waals surface area contributed by atoms with Gasteiger partial charge in [0.05, 0.1) is 13.2 Å². The molecule has 12 heavy (non-hydrogen) atoms. The number of hydrogen-bond donors (Lipinski definition) is 1. The Balaban J connectivity index is 2.34. The monoisotopic (exact) mass is 168 g/mol. The molecule has 0 aromatic rings. The molecule has 0 spiro atoms. The standard InChI is InChI=1S/C9H16N2O/c1-2-3-4-9(10)11-5-7-12-8-6-11/h3-4,10H,2,5-8H2,1H3/b4-3-,10-9?. The van der Waals surface area contributed by atoms with Crippen molar-refractivity contribution in [2.75, 3.05) is 26.3 Å². The molecule has 0 radical (unpaired) electrons. The summed E-state index contributed by atoms with van der Waals surface area (Å²) in [5, 5.41) is 7.67. The summed E-state index contributed by atoms with van der Waals surface area (Å²) in [4.78, 5) is 2.04. The Morgan fingerprint density at radius 2 is 2.17 bits per heavy atom. The molecule has 0 amide bonds. The van der Waals surface area contributed by atoms with Crippen molar-refractivity contribution in [3.63, 3.8) is 0 Å². The van der Waals surface area contributed by atoms with Crippen LogP contribution in [0.5, 0.6) is 0 Å². The van der Waals surface area contributed by atoms with E-state index >= 15 is 0 Å². The number of morpholine rings is 1. The largest absolute Gasteiger partial charge is 0.378 e. The van der Waals surface area contributed by atoms with Crippen LogP contribution in [-0.4, -0.2) is 37.0 Å². The average Bonchev–Trinajstić information content (AvgIpc) is 2.15. The van der Waals surface area contributed by atoms with E-state index in [9.17, 15) is 0 Å². The smallest absolute Gasteiger partial charge is 0.120 e. The molecule has 1 N–H and O–H groups in total. The van der Waals surface area contributed by atoms with Crippen molar-refractivity contribution in [1.29, 1.82) is 5.41 Å². The first kappa shape index (κ1) is 9.26. The van der Waals surface area contributed by atoms with E-state index < -0.39 is 0 Å². The number of rotatable bonds is 2. The number of nitrogens with zero attached hydrogens (tertiary/aromatic N) is 1. The zero-order valence-corrected chi connectivity index (χ0v) is 7.55. The summed E-state index contributed by atoms with van der Waals surface area (Å²) in [5.41, 5.74) is 0. The van der Waals surface area contributed by atoms with Crippen molar-refractivity contribution in [3.8, 4) is 0 Å². The van der Waals surface area contributed by atoms with Crippen LogP contribution in [0.1, 0.15) is 13.3 Å². The lowest BCUT2D eigenvalue weighted by Crippen LogP contribution is -2.39. The van der Waals surface area contributed by atoms with Crippen LogP contribution in [-0.2, 0) is 4.74 Å². The molecule has 1 heterocycles. The fourth-order valence-corrected chi connectivity index (χ4v) is 1.14. The molecule has 0 aliphatic carbocycles. The van der Waals surface area contributed by atoms with E-state index in [1.165, 1.54) is 0 Å². The second-order valence-corrected chi connectivity index (χ2v) is 2.80. The molecule has 0 aromatic carbocycles. The number of amidine groups is 1. The van der Waals surface area contributed by atoms with Gasteiger partial charge in [-0.2, -0.15) is 0 Å². The molecule has 3 nitrogen and oxygen atoms in total. The van der Waals surface area contributed by atoms with Crippen molar-refractivity contribution in [2.45, 2.75) is 13.3 Å². The van der Waals surface area contributed by atoms with Crippen LogP contribution in [0.15, 0.2) is 12.2 Å². The summed E-state index contributed by atoms with van der Waals surface area (Å²) < 4.78 is 5.19. The molecule has 0 atom stereocenters. The molecule has 1 aliphatic rings. The van der Waals surface area contributed by atoms with Gasteiger partial charge in [-0.1, -0.05) is 13.0 Å². The van der Waals surface area contributed by atoms with Crippen molar-refractivity contribution < 1.29 is 4.74 Å². The van der Waals surface area contributed by atoms with Crippen LogP contribution in [0.25, 0.3) is 0 Å². The molecule has 1 aliphatic heterocycles. The Hall–Kier alpha value is -0.830. The molecule has 0 unspecified atom stereocenters. The Morgan fingerprint density at radius 1 is 1.50 bits per heavy atom. The molecular weight excluding hydrogens is 152 g/mol. The first-order chi connectivity index (χ1) is 5.84. The maximum atomic E-state index is 7.67. The summed E-state index contributed by atoms with van der Waals surface area (Å²) in [6, 6.07) is 0. The van der Waals surface area contributed by atoms with Gasteiger partial charge in [0.25, 0.3) is 0 Å². The minimum atomic E-state index is 0.611. The molecule has 68 valence electrons.